The summed E-state index contributed by atoms with van der Waals surface area (Å²) in [6.07, 6.45) is 3.57. The Bertz CT molecular complexity index is 202. The molecular formula is C10H19NO3. The van der Waals surface area contributed by atoms with Crippen LogP contribution in [-0.2, 0) is 4.84 Å². The van der Waals surface area contributed by atoms with Crippen molar-refractivity contribution in [1.29, 1.82) is 0 Å². The summed E-state index contributed by atoms with van der Waals surface area (Å²) in [7, 11) is 0. The van der Waals surface area contributed by atoms with Crippen molar-refractivity contribution >= 4 is 0 Å². The van der Waals surface area contributed by atoms with Crippen molar-refractivity contribution in [2.75, 3.05) is 0 Å². The van der Waals surface area contributed by atoms with Crippen molar-refractivity contribution in [2.45, 2.75) is 52.6 Å². The Kier molecular flexibility index (Phi) is 3.34. The molecule has 1 fully saturated rings. The maximum atomic E-state index is 10.1. The van der Waals surface area contributed by atoms with Gasteiger partial charge in [0.1, 0.15) is 6.10 Å². The topological polar surface area (TPSA) is 52.4 Å². The van der Waals surface area contributed by atoms with Crippen LogP contribution in [0.15, 0.2) is 0 Å². The van der Waals surface area contributed by atoms with Gasteiger partial charge in [0.05, 0.1) is 0 Å². The van der Waals surface area contributed by atoms with Crippen molar-refractivity contribution < 1.29 is 9.92 Å². The lowest BCUT2D eigenvalue weighted by Crippen LogP contribution is -2.30. The van der Waals surface area contributed by atoms with E-state index in [1.807, 2.05) is 0 Å². The van der Waals surface area contributed by atoms with E-state index >= 15 is 0 Å². The van der Waals surface area contributed by atoms with Gasteiger partial charge in [0, 0.05) is 0 Å². The third-order valence-electron chi connectivity index (χ3n) is 3.13. The normalized spacial score (nSPS) is 28.5. The maximum Gasteiger partial charge on any atom is 0.294 e. The molecule has 14 heavy (non-hydrogen) atoms. The van der Waals surface area contributed by atoms with Gasteiger partial charge in [-0.2, -0.15) is 0 Å². The van der Waals surface area contributed by atoms with Crippen molar-refractivity contribution in [3.8, 4) is 0 Å². The molecule has 1 rings (SSSR count). The lowest BCUT2D eigenvalue weighted by molar-refractivity contribution is -0.769. The van der Waals surface area contributed by atoms with Crippen LogP contribution in [-0.4, -0.2) is 11.2 Å². The smallest absolute Gasteiger partial charge is 0.294 e. The second kappa shape index (κ2) is 4.15. The molecule has 0 N–H and O–H groups in total. The van der Waals surface area contributed by atoms with Crippen molar-refractivity contribution in [1.82, 2.24) is 0 Å². The zero-order valence-corrected chi connectivity index (χ0v) is 9.16. The van der Waals surface area contributed by atoms with E-state index in [1.54, 1.807) is 0 Å². The van der Waals surface area contributed by atoms with Crippen molar-refractivity contribution in [2.24, 2.45) is 11.3 Å². The lowest BCUT2D eigenvalue weighted by Gasteiger charge is -2.36. The summed E-state index contributed by atoms with van der Waals surface area (Å²) < 4.78 is 0. The summed E-state index contributed by atoms with van der Waals surface area (Å²) in [6, 6.07) is 0. The molecule has 0 atom stereocenters. The predicted molar refractivity (Wildman–Crippen MR) is 53.3 cm³/mol. The van der Waals surface area contributed by atoms with Gasteiger partial charge in [-0.25, -0.2) is 0 Å². The van der Waals surface area contributed by atoms with Gasteiger partial charge < -0.3 is 4.84 Å². The molecule has 1 aliphatic rings. The van der Waals surface area contributed by atoms with E-state index in [0.717, 1.165) is 25.7 Å². The first-order chi connectivity index (χ1) is 6.39. The first kappa shape index (κ1) is 11.3. The molecule has 0 spiro atoms. The average molecular weight is 201 g/mol. The lowest BCUT2D eigenvalue weighted by atomic mass is 9.72. The van der Waals surface area contributed by atoms with Crippen LogP contribution in [0.3, 0.4) is 0 Å². The molecule has 0 radical (unpaired) electrons. The molecule has 0 bridgehead atoms. The first-order valence-corrected chi connectivity index (χ1v) is 5.21. The molecule has 0 heterocycles. The standard InChI is InChI=1S/C10H19NO3/c1-10(2,3)8-4-6-9(7-5-8)14-11(12)13/h8-9H,4-7H2,1-3H3. The third-order valence-corrected chi connectivity index (χ3v) is 3.13. The van der Waals surface area contributed by atoms with Gasteiger partial charge in [-0.3, -0.25) is 0 Å². The molecule has 4 nitrogen and oxygen atoms in total. The first-order valence-electron chi connectivity index (χ1n) is 5.21. The van der Waals surface area contributed by atoms with Crippen LogP contribution >= 0.6 is 0 Å². The largest absolute Gasteiger partial charge is 0.311 e. The highest BCUT2D eigenvalue weighted by atomic mass is 17.0. The molecule has 82 valence electrons. The molecule has 4 heteroatoms. The van der Waals surface area contributed by atoms with E-state index in [9.17, 15) is 10.1 Å². The molecule has 0 aromatic carbocycles. The SMILES string of the molecule is CC(C)(C)C1CCC(O[N+](=O)[O-])CC1. The molecule has 1 aliphatic carbocycles. The van der Waals surface area contributed by atoms with Crippen LogP contribution in [0.2, 0.25) is 0 Å². The number of hydrogen-bond donors (Lipinski definition) is 0. The average Bonchev–Trinajstić information content (AvgIpc) is 2.02. The molecule has 0 saturated heterocycles. The zero-order valence-electron chi connectivity index (χ0n) is 9.16. The quantitative estimate of drug-likeness (QED) is 0.510. The molecule has 0 amide bonds. The van der Waals surface area contributed by atoms with Crippen LogP contribution < -0.4 is 0 Å². The molecule has 0 aromatic heterocycles. The number of nitrogens with zero attached hydrogens (tertiary/aromatic N) is 1. The van der Waals surface area contributed by atoms with Crippen molar-refractivity contribution in [3.05, 3.63) is 10.1 Å². The van der Waals surface area contributed by atoms with Crippen LogP contribution in [0, 0.1) is 21.4 Å². The predicted octanol–water partition coefficient (Wildman–Crippen LogP) is 2.80. The highest BCUT2D eigenvalue weighted by Crippen LogP contribution is 2.38. The van der Waals surface area contributed by atoms with Gasteiger partial charge in [0.25, 0.3) is 5.09 Å². The van der Waals surface area contributed by atoms with Crippen molar-refractivity contribution in [3.63, 3.8) is 0 Å². The Morgan fingerprint density at radius 2 is 1.71 bits per heavy atom. The van der Waals surface area contributed by atoms with E-state index in [0.29, 0.717) is 11.3 Å². The Labute approximate surface area is 84.7 Å². The Morgan fingerprint density at radius 3 is 2.07 bits per heavy atom. The van der Waals surface area contributed by atoms with E-state index in [4.69, 9.17) is 0 Å². The molecule has 1 saturated carbocycles. The summed E-state index contributed by atoms with van der Waals surface area (Å²) in [5, 5.41) is 9.46. The van der Waals surface area contributed by atoms with Crippen LogP contribution in [0.4, 0.5) is 0 Å². The highest BCUT2D eigenvalue weighted by molar-refractivity contribution is 4.80. The highest BCUT2D eigenvalue weighted by Gasteiger charge is 2.30. The molecular weight excluding hydrogens is 182 g/mol. The number of rotatable bonds is 2. The maximum absolute atomic E-state index is 10.1. The fraction of sp³-hybridized carbons (Fsp3) is 1.00. The van der Waals surface area contributed by atoms with Gasteiger partial charge in [0.2, 0.25) is 0 Å². The minimum absolute atomic E-state index is 0.163. The van der Waals surface area contributed by atoms with Gasteiger partial charge in [-0.15, -0.1) is 10.1 Å². The second-order valence-electron chi connectivity index (χ2n) is 5.17. The van der Waals surface area contributed by atoms with E-state index in [1.165, 1.54) is 0 Å². The van der Waals surface area contributed by atoms with Crippen LogP contribution in [0.5, 0.6) is 0 Å². The van der Waals surface area contributed by atoms with E-state index in [2.05, 4.69) is 25.6 Å². The Balaban J connectivity index is 2.35. The van der Waals surface area contributed by atoms with Gasteiger partial charge in [-0.05, 0) is 37.0 Å². The zero-order chi connectivity index (χ0) is 10.8. The van der Waals surface area contributed by atoms with E-state index in [-0.39, 0.29) is 6.10 Å². The van der Waals surface area contributed by atoms with Gasteiger partial charge in [-0.1, -0.05) is 20.8 Å². The summed E-state index contributed by atoms with van der Waals surface area (Å²) in [4.78, 5) is 14.7. The Hall–Kier alpha value is -0.800. The van der Waals surface area contributed by atoms with Gasteiger partial charge >= 0.3 is 0 Å². The molecule has 0 aliphatic heterocycles. The number of hydrogen-bond acceptors (Lipinski definition) is 3. The summed E-state index contributed by atoms with van der Waals surface area (Å²) in [5.74, 6) is 0.675. The molecule has 0 unspecified atom stereocenters. The monoisotopic (exact) mass is 201 g/mol. The van der Waals surface area contributed by atoms with Crippen LogP contribution in [0.1, 0.15) is 46.5 Å². The fourth-order valence-electron chi connectivity index (χ4n) is 2.16. The summed E-state index contributed by atoms with van der Waals surface area (Å²) in [6.45, 7) is 6.69. The van der Waals surface area contributed by atoms with Gasteiger partial charge in [0.15, 0.2) is 0 Å². The Morgan fingerprint density at radius 1 is 1.21 bits per heavy atom. The summed E-state index contributed by atoms with van der Waals surface area (Å²) >= 11 is 0. The second-order valence-corrected chi connectivity index (χ2v) is 5.17. The third kappa shape index (κ3) is 3.16. The van der Waals surface area contributed by atoms with E-state index < -0.39 is 5.09 Å². The summed E-state index contributed by atoms with van der Waals surface area (Å²) in [5.41, 5.74) is 0.319. The van der Waals surface area contributed by atoms with Crippen LogP contribution in [0.25, 0.3) is 0 Å². The minimum atomic E-state index is -0.665. The minimum Gasteiger partial charge on any atom is -0.311 e. The fourth-order valence-corrected chi connectivity index (χ4v) is 2.16. The molecule has 0 aromatic rings.